The highest BCUT2D eigenvalue weighted by atomic mass is 35.5. The lowest BCUT2D eigenvalue weighted by Crippen LogP contribution is -2.31. The average molecular weight is 546 g/mol. The van der Waals surface area contributed by atoms with Gasteiger partial charge in [0.2, 0.25) is 0 Å². The molecular formula is C32H30Cl2N2O2. The van der Waals surface area contributed by atoms with Crippen molar-refractivity contribution in [3.63, 3.8) is 0 Å². The second-order valence-electron chi connectivity index (χ2n) is 9.35. The SMILES string of the molecule is Cc1cc(-c2cc(C)c(N(CCl)C(=O)c3ccccc3)c(C)c2)cc(C)c1N(CCl)C(=O)c1ccccc1. The van der Waals surface area contributed by atoms with Gasteiger partial charge in [-0.25, -0.2) is 0 Å². The lowest BCUT2D eigenvalue weighted by molar-refractivity contribution is 0.0983. The molecule has 0 saturated carbocycles. The number of halogens is 2. The van der Waals surface area contributed by atoms with Gasteiger partial charge in [0.05, 0.1) is 11.4 Å². The molecule has 194 valence electrons. The van der Waals surface area contributed by atoms with E-state index in [0.29, 0.717) is 11.1 Å². The van der Waals surface area contributed by atoms with E-state index in [2.05, 4.69) is 24.3 Å². The minimum absolute atomic E-state index is 0.0470. The Hall–Kier alpha value is -3.60. The van der Waals surface area contributed by atoms with Crippen LogP contribution in [0.3, 0.4) is 0 Å². The Bertz CT molecular complexity index is 1310. The molecule has 0 aromatic heterocycles. The molecule has 0 aliphatic carbocycles. The summed E-state index contributed by atoms with van der Waals surface area (Å²) in [6.45, 7) is 7.97. The van der Waals surface area contributed by atoms with Gasteiger partial charge in [0, 0.05) is 11.1 Å². The molecule has 4 aromatic rings. The van der Waals surface area contributed by atoms with Gasteiger partial charge in [0.25, 0.3) is 11.8 Å². The van der Waals surface area contributed by atoms with Gasteiger partial charge >= 0.3 is 0 Å². The van der Waals surface area contributed by atoms with Gasteiger partial charge in [-0.15, -0.1) is 23.2 Å². The zero-order chi connectivity index (χ0) is 27.4. The number of alkyl halides is 2. The quantitative estimate of drug-likeness (QED) is 0.173. The van der Waals surface area contributed by atoms with Crippen molar-refractivity contribution < 1.29 is 9.59 Å². The van der Waals surface area contributed by atoms with Gasteiger partial charge in [0.15, 0.2) is 0 Å². The van der Waals surface area contributed by atoms with Crippen molar-refractivity contribution in [1.82, 2.24) is 0 Å². The first-order chi connectivity index (χ1) is 18.3. The van der Waals surface area contributed by atoms with Crippen LogP contribution in [0.2, 0.25) is 0 Å². The molecule has 0 atom stereocenters. The van der Waals surface area contributed by atoms with Crippen LogP contribution in [-0.2, 0) is 0 Å². The smallest absolute Gasteiger partial charge is 0.259 e. The van der Waals surface area contributed by atoms with Crippen LogP contribution in [0.4, 0.5) is 11.4 Å². The second-order valence-corrected chi connectivity index (χ2v) is 9.83. The Balaban J connectivity index is 1.70. The Morgan fingerprint density at radius 3 is 1.11 bits per heavy atom. The molecule has 6 heteroatoms. The molecule has 0 aliphatic heterocycles. The maximum atomic E-state index is 13.2. The van der Waals surface area contributed by atoms with Gasteiger partial charge in [0.1, 0.15) is 12.0 Å². The molecule has 0 N–H and O–H groups in total. The molecule has 4 rings (SSSR count). The van der Waals surface area contributed by atoms with Gasteiger partial charge in [-0.3, -0.25) is 19.4 Å². The van der Waals surface area contributed by atoms with Crippen LogP contribution in [0, 0.1) is 27.7 Å². The van der Waals surface area contributed by atoms with Crippen molar-refractivity contribution in [2.24, 2.45) is 0 Å². The summed E-state index contributed by atoms with van der Waals surface area (Å²) in [6, 6.07) is 26.7. The van der Waals surface area contributed by atoms with Crippen LogP contribution in [0.5, 0.6) is 0 Å². The van der Waals surface area contributed by atoms with E-state index in [9.17, 15) is 9.59 Å². The van der Waals surface area contributed by atoms with E-state index < -0.39 is 0 Å². The van der Waals surface area contributed by atoms with Crippen molar-refractivity contribution in [1.29, 1.82) is 0 Å². The number of anilines is 2. The van der Waals surface area contributed by atoms with Gasteiger partial charge in [-0.1, -0.05) is 36.4 Å². The largest absolute Gasteiger partial charge is 0.294 e. The maximum Gasteiger partial charge on any atom is 0.259 e. The highest BCUT2D eigenvalue weighted by Crippen LogP contribution is 2.36. The summed E-state index contributed by atoms with van der Waals surface area (Å²) in [7, 11) is 0. The van der Waals surface area contributed by atoms with Gasteiger partial charge in [-0.05, 0) is 110 Å². The van der Waals surface area contributed by atoms with E-state index in [1.807, 2.05) is 64.1 Å². The Kier molecular flexibility index (Phi) is 8.55. The average Bonchev–Trinajstić information content (AvgIpc) is 2.92. The first kappa shape index (κ1) is 27.4. The van der Waals surface area contributed by atoms with Crippen molar-refractivity contribution in [3.8, 4) is 11.1 Å². The fourth-order valence-corrected chi connectivity index (χ4v) is 5.46. The van der Waals surface area contributed by atoms with Crippen molar-refractivity contribution in [2.75, 3.05) is 21.8 Å². The summed E-state index contributed by atoms with van der Waals surface area (Å²) in [5.74, 6) is -0.278. The van der Waals surface area contributed by atoms with Crippen LogP contribution in [0.15, 0.2) is 84.9 Å². The van der Waals surface area contributed by atoms with E-state index in [1.165, 1.54) is 0 Å². The first-order valence-corrected chi connectivity index (χ1v) is 13.4. The van der Waals surface area contributed by atoms with Crippen LogP contribution in [0.1, 0.15) is 43.0 Å². The van der Waals surface area contributed by atoms with Crippen LogP contribution in [-0.4, -0.2) is 23.8 Å². The topological polar surface area (TPSA) is 40.6 Å². The van der Waals surface area contributed by atoms with E-state index >= 15 is 0 Å². The number of hydrogen-bond acceptors (Lipinski definition) is 2. The number of rotatable bonds is 7. The molecular weight excluding hydrogens is 515 g/mol. The number of hydrogen-bond donors (Lipinski definition) is 0. The standard InChI is InChI=1S/C32H30Cl2N2O2/c1-21-15-27(16-22(2)29(21)35(19-33)31(37)25-11-7-5-8-12-25)28-17-23(3)30(24(4)18-28)36(20-34)32(38)26-13-9-6-10-14-26/h5-18H,19-20H2,1-4H3. The third kappa shape index (κ3) is 5.47. The van der Waals surface area contributed by atoms with Crippen LogP contribution >= 0.6 is 23.2 Å². The minimum atomic E-state index is -0.139. The molecule has 0 spiro atoms. The molecule has 0 unspecified atom stereocenters. The first-order valence-electron chi connectivity index (χ1n) is 12.4. The summed E-state index contributed by atoms with van der Waals surface area (Å²) in [5, 5.41) is 0. The zero-order valence-corrected chi connectivity index (χ0v) is 23.5. The van der Waals surface area contributed by atoms with Crippen molar-refractivity contribution >= 4 is 46.4 Å². The summed E-state index contributed by atoms with van der Waals surface area (Å²) in [4.78, 5) is 29.6. The van der Waals surface area contributed by atoms with E-state index in [-0.39, 0.29) is 23.8 Å². The lowest BCUT2D eigenvalue weighted by Gasteiger charge is -2.26. The fourth-order valence-electron chi connectivity index (χ4n) is 5.00. The number of benzene rings is 4. The summed E-state index contributed by atoms with van der Waals surface area (Å²) >= 11 is 12.6. The van der Waals surface area contributed by atoms with Crippen LogP contribution in [0.25, 0.3) is 11.1 Å². The highest BCUT2D eigenvalue weighted by Gasteiger charge is 2.23. The lowest BCUT2D eigenvalue weighted by atomic mass is 9.94. The monoisotopic (exact) mass is 544 g/mol. The molecule has 2 amide bonds. The molecule has 0 bridgehead atoms. The number of carbonyl (C=O) groups is 2. The molecule has 0 radical (unpaired) electrons. The number of amides is 2. The number of carbonyl (C=O) groups excluding carboxylic acids is 2. The molecule has 0 fully saturated rings. The Labute approximate surface area is 234 Å². The van der Waals surface area contributed by atoms with E-state index in [4.69, 9.17) is 23.2 Å². The van der Waals surface area contributed by atoms with Gasteiger partial charge < -0.3 is 0 Å². The minimum Gasteiger partial charge on any atom is -0.294 e. The summed E-state index contributed by atoms with van der Waals surface area (Å²) in [6.07, 6.45) is 0. The van der Waals surface area contributed by atoms with Crippen molar-refractivity contribution in [2.45, 2.75) is 27.7 Å². The number of aryl methyl sites for hydroxylation is 4. The fraction of sp³-hybridized carbons (Fsp3) is 0.188. The van der Waals surface area contributed by atoms with Crippen LogP contribution < -0.4 is 9.80 Å². The second kappa shape index (κ2) is 11.8. The Morgan fingerprint density at radius 1 is 0.553 bits per heavy atom. The molecule has 0 heterocycles. The predicted molar refractivity (Wildman–Crippen MR) is 159 cm³/mol. The normalized spacial score (nSPS) is 10.8. The molecule has 0 saturated heterocycles. The maximum absolute atomic E-state index is 13.2. The summed E-state index contributed by atoms with van der Waals surface area (Å²) < 4.78 is 0. The summed E-state index contributed by atoms with van der Waals surface area (Å²) in [5.41, 5.74) is 8.64. The van der Waals surface area contributed by atoms with E-state index in [0.717, 1.165) is 44.8 Å². The third-order valence-electron chi connectivity index (χ3n) is 6.63. The predicted octanol–water partition coefficient (Wildman–Crippen LogP) is 8.27. The van der Waals surface area contributed by atoms with E-state index in [1.54, 1.807) is 34.1 Å². The Morgan fingerprint density at radius 2 is 0.842 bits per heavy atom. The molecule has 4 nitrogen and oxygen atoms in total. The zero-order valence-electron chi connectivity index (χ0n) is 22.0. The molecule has 4 aromatic carbocycles. The third-order valence-corrected chi connectivity index (χ3v) is 7.10. The van der Waals surface area contributed by atoms with Crippen molar-refractivity contribution in [3.05, 3.63) is 118 Å². The molecule has 0 aliphatic rings. The number of nitrogens with zero attached hydrogens (tertiary/aromatic N) is 2. The molecule has 38 heavy (non-hydrogen) atoms. The van der Waals surface area contributed by atoms with Gasteiger partial charge in [-0.2, -0.15) is 0 Å². The highest BCUT2D eigenvalue weighted by molar-refractivity contribution is 6.24.